The largest absolute Gasteiger partial charge is 0.371 e. The lowest BCUT2D eigenvalue weighted by molar-refractivity contribution is -0.384. The number of H-pyrrole nitrogens is 1. The number of nitrogens with zero attached hydrogens (tertiary/aromatic N) is 5. The third kappa shape index (κ3) is 2.69. The van der Waals surface area contributed by atoms with Crippen molar-refractivity contribution >= 4 is 11.4 Å². The van der Waals surface area contributed by atoms with Gasteiger partial charge < -0.3 is 4.90 Å². The van der Waals surface area contributed by atoms with Gasteiger partial charge in [0.1, 0.15) is 0 Å². The molecule has 1 fully saturated rings. The molecule has 21 heavy (non-hydrogen) atoms. The molecular weight excluding hydrogens is 272 g/mol. The standard InChI is InChI=1S/C13H16N6O2/c1-9-4-6-18(7-5-9)12-3-2-10(19(20)21)8-11(12)13-14-16-17-15-13/h2-3,8-9H,4-7H2,1H3,(H,14,15,16,17). The first-order chi connectivity index (χ1) is 10.1. The van der Waals surface area contributed by atoms with Crippen LogP contribution in [0.5, 0.6) is 0 Å². The Balaban J connectivity index is 2.01. The van der Waals surface area contributed by atoms with Gasteiger partial charge in [0.2, 0.25) is 5.82 Å². The van der Waals surface area contributed by atoms with Gasteiger partial charge in [0, 0.05) is 30.9 Å². The second-order valence-corrected chi connectivity index (χ2v) is 5.36. The average Bonchev–Trinajstić information content (AvgIpc) is 3.01. The van der Waals surface area contributed by atoms with Crippen LogP contribution in [0.1, 0.15) is 19.8 Å². The summed E-state index contributed by atoms with van der Waals surface area (Å²) in [6.07, 6.45) is 2.23. The third-order valence-electron chi connectivity index (χ3n) is 3.90. The number of non-ortho nitro benzene ring substituents is 1. The van der Waals surface area contributed by atoms with E-state index < -0.39 is 4.92 Å². The zero-order valence-electron chi connectivity index (χ0n) is 11.7. The molecule has 8 nitrogen and oxygen atoms in total. The molecule has 2 heterocycles. The van der Waals surface area contributed by atoms with Crippen LogP contribution in [0.4, 0.5) is 11.4 Å². The number of benzene rings is 1. The van der Waals surface area contributed by atoms with E-state index in [-0.39, 0.29) is 5.69 Å². The fraction of sp³-hybridized carbons (Fsp3) is 0.462. The van der Waals surface area contributed by atoms with Crippen molar-refractivity contribution in [1.82, 2.24) is 20.6 Å². The second kappa shape index (κ2) is 5.47. The van der Waals surface area contributed by atoms with Crippen LogP contribution < -0.4 is 4.90 Å². The molecule has 1 N–H and O–H groups in total. The number of aromatic nitrogens is 4. The van der Waals surface area contributed by atoms with Gasteiger partial charge in [-0.3, -0.25) is 10.1 Å². The van der Waals surface area contributed by atoms with Crippen LogP contribution in [-0.4, -0.2) is 38.6 Å². The lowest BCUT2D eigenvalue weighted by Gasteiger charge is -2.33. The summed E-state index contributed by atoms with van der Waals surface area (Å²) in [6.45, 7) is 4.11. The molecule has 0 unspecified atom stereocenters. The number of aromatic amines is 1. The van der Waals surface area contributed by atoms with Crippen LogP contribution in [0.3, 0.4) is 0 Å². The summed E-state index contributed by atoms with van der Waals surface area (Å²) < 4.78 is 0. The molecule has 1 aliphatic rings. The molecule has 0 bridgehead atoms. The zero-order chi connectivity index (χ0) is 14.8. The summed E-state index contributed by atoms with van der Waals surface area (Å²) in [6, 6.07) is 4.81. The van der Waals surface area contributed by atoms with Crippen LogP contribution in [0, 0.1) is 16.0 Å². The molecule has 0 radical (unpaired) electrons. The minimum atomic E-state index is -0.411. The topological polar surface area (TPSA) is 101 Å². The number of hydrogen-bond acceptors (Lipinski definition) is 6. The van der Waals surface area contributed by atoms with Crippen LogP contribution in [0.2, 0.25) is 0 Å². The van der Waals surface area contributed by atoms with Gasteiger partial charge in [-0.1, -0.05) is 6.92 Å². The first-order valence-electron chi connectivity index (χ1n) is 6.92. The Morgan fingerprint density at radius 3 is 2.76 bits per heavy atom. The van der Waals surface area contributed by atoms with Crippen LogP contribution >= 0.6 is 0 Å². The first kappa shape index (κ1) is 13.5. The average molecular weight is 288 g/mol. The fourth-order valence-corrected chi connectivity index (χ4v) is 2.62. The molecule has 110 valence electrons. The van der Waals surface area contributed by atoms with Gasteiger partial charge in [0.25, 0.3) is 5.69 Å². The van der Waals surface area contributed by atoms with Gasteiger partial charge in [0.05, 0.1) is 10.5 Å². The van der Waals surface area contributed by atoms with Crippen molar-refractivity contribution in [1.29, 1.82) is 0 Å². The Morgan fingerprint density at radius 1 is 1.38 bits per heavy atom. The van der Waals surface area contributed by atoms with Crippen LogP contribution in [0.25, 0.3) is 11.4 Å². The number of nitrogens with one attached hydrogen (secondary N) is 1. The van der Waals surface area contributed by atoms with E-state index in [2.05, 4.69) is 32.4 Å². The normalized spacial score (nSPS) is 16.1. The number of piperidine rings is 1. The number of tetrazole rings is 1. The Labute approximate surface area is 121 Å². The Morgan fingerprint density at radius 2 is 2.14 bits per heavy atom. The van der Waals surface area contributed by atoms with Gasteiger partial charge in [-0.2, -0.15) is 5.21 Å². The van der Waals surface area contributed by atoms with Crippen molar-refractivity contribution in [3.05, 3.63) is 28.3 Å². The molecule has 0 aliphatic carbocycles. The number of nitro groups is 1. The van der Waals surface area contributed by atoms with E-state index in [0.29, 0.717) is 17.3 Å². The minimum absolute atomic E-state index is 0.0314. The fourth-order valence-electron chi connectivity index (χ4n) is 2.62. The summed E-state index contributed by atoms with van der Waals surface area (Å²) in [7, 11) is 0. The van der Waals surface area contributed by atoms with Gasteiger partial charge >= 0.3 is 0 Å². The summed E-state index contributed by atoms with van der Waals surface area (Å²) in [5.41, 5.74) is 1.60. The summed E-state index contributed by atoms with van der Waals surface area (Å²) in [5, 5.41) is 24.8. The predicted octanol–water partition coefficient (Wildman–Crippen LogP) is 2.01. The van der Waals surface area contributed by atoms with E-state index in [0.717, 1.165) is 31.6 Å². The van der Waals surface area contributed by atoms with E-state index >= 15 is 0 Å². The zero-order valence-corrected chi connectivity index (χ0v) is 11.7. The Hall–Kier alpha value is -2.51. The molecule has 0 spiro atoms. The number of anilines is 1. The third-order valence-corrected chi connectivity index (χ3v) is 3.90. The smallest absolute Gasteiger partial charge is 0.270 e. The van der Waals surface area contributed by atoms with Gasteiger partial charge in [-0.25, -0.2) is 0 Å². The summed E-state index contributed by atoms with van der Waals surface area (Å²) >= 11 is 0. The Bertz CT molecular complexity index is 634. The van der Waals surface area contributed by atoms with E-state index in [4.69, 9.17) is 0 Å². The van der Waals surface area contributed by atoms with E-state index in [1.54, 1.807) is 6.07 Å². The highest BCUT2D eigenvalue weighted by atomic mass is 16.6. The van der Waals surface area contributed by atoms with Crippen LogP contribution in [-0.2, 0) is 0 Å². The maximum atomic E-state index is 11.0. The molecule has 3 rings (SSSR count). The molecular formula is C13H16N6O2. The molecule has 0 saturated carbocycles. The van der Waals surface area contributed by atoms with E-state index in [1.165, 1.54) is 12.1 Å². The number of rotatable bonds is 3. The summed E-state index contributed by atoms with van der Waals surface area (Å²) in [4.78, 5) is 12.8. The summed E-state index contributed by atoms with van der Waals surface area (Å²) in [5.74, 6) is 1.10. The lowest BCUT2D eigenvalue weighted by Crippen LogP contribution is -2.33. The van der Waals surface area contributed by atoms with E-state index in [9.17, 15) is 10.1 Å². The monoisotopic (exact) mass is 288 g/mol. The van der Waals surface area contributed by atoms with Gasteiger partial charge in [0.15, 0.2) is 0 Å². The predicted molar refractivity (Wildman–Crippen MR) is 76.9 cm³/mol. The molecule has 0 atom stereocenters. The van der Waals surface area contributed by atoms with Crippen molar-refractivity contribution in [2.75, 3.05) is 18.0 Å². The highest BCUT2D eigenvalue weighted by Gasteiger charge is 2.22. The second-order valence-electron chi connectivity index (χ2n) is 5.36. The maximum absolute atomic E-state index is 11.0. The number of nitro benzene ring substituents is 1. The molecule has 0 amide bonds. The van der Waals surface area contributed by atoms with E-state index in [1.807, 2.05) is 0 Å². The van der Waals surface area contributed by atoms with Crippen molar-refractivity contribution in [3.63, 3.8) is 0 Å². The molecule has 2 aromatic rings. The first-order valence-corrected chi connectivity index (χ1v) is 6.92. The molecule has 1 aromatic carbocycles. The molecule has 1 aliphatic heterocycles. The van der Waals surface area contributed by atoms with Crippen molar-refractivity contribution < 1.29 is 4.92 Å². The highest BCUT2D eigenvalue weighted by Crippen LogP contribution is 2.34. The highest BCUT2D eigenvalue weighted by molar-refractivity contribution is 5.76. The van der Waals surface area contributed by atoms with Crippen molar-refractivity contribution in [2.24, 2.45) is 5.92 Å². The Kier molecular flexibility index (Phi) is 3.51. The van der Waals surface area contributed by atoms with Crippen molar-refractivity contribution in [3.8, 4) is 11.4 Å². The minimum Gasteiger partial charge on any atom is -0.371 e. The molecule has 8 heteroatoms. The maximum Gasteiger partial charge on any atom is 0.270 e. The molecule has 1 aromatic heterocycles. The molecule has 1 saturated heterocycles. The SMILES string of the molecule is CC1CCN(c2ccc([N+](=O)[O-])cc2-c2nn[nH]n2)CC1. The lowest BCUT2D eigenvalue weighted by atomic mass is 9.98. The van der Waals surface area contributed by atoms with Crippen molar-refractivity contribution in [2.45, 2.75) is 19.8 Å². The van der Waals surface area contributed by atoms with Gasteiger partial charge in [-0.05, 0) is 30.0 Å². The quantitative estimate of drug-likeness (QED) is 0.684. The van der Waals surface area contributed by atoms with Gasteiger partial charge in [-0.15, -0.1) is 10.2 Å². The van der Waals surface area contributed by atoms with Crippen LogP contribution in [0.15, 0.2) is 18.2 Å². The number of hydrogen-bond donors (Lipinski definition) is 1.